The van der Waals surface area contributed by atoms with Crippen LogP contribution in [0, 0.1) is 0 Å². The zero-order chi connectivity index (χ0) is 12.2. The molecule has 90 valence electrons. The molecule has 0 bridgehead atoms. The molecule has 0 unspecified atom stereocenters. The third-order valence-corrected chi connectivity index (χ3v) is 2.88. The van der Waals surface area contributed by atoms with Crippen molar-refractivity contribution in [3.8, 4) is 5.75 Å². The van der Waals surface area contributed by atoms with Gasteiger partial charge in [-0.3, -0.25) is 0 Å². The van der Waals surface area contributed by atoms with Crippen LogP contribution in [0.2, 0.25) is 0 Å². The number of hydrogen-bond acceptors (Lipinski definition) is 3. The highest BCUT2D eigenvalue weighted by molar-refractivity contribution is 9.10. The molecule has 16 heavy (non-hydrogen) atoms. The maximum absolute atomic E-state index is 5.71. The van der Waals surface area contributed by atoms with Crippen LogP contribution in [0.4, 0.5) is 5.69 Å². The molecule has 0 spiro atoms. The number of methoxy groups -OCH3 is 1. The molecule has 0 saturated heterocycles. The van der Waals surface area contributed by atoms with E-state index >= 15 is 0 Å². The van der Waals surface area contributed by atoms with Crippen LogP contribution in [0.3, 0.4) is 0 Å². The number of hydrogen-bond donors (Lipinski definition) is 1. The molecular formula is C12H18BrNO2. The van der Waals surface area contributed by atoms with Crippen LogP contribution in [-0.2, 0) is 4.74 Å². The van der Waals surface area contributed by atoms with Crippen LogP contribution >= 0.6 is 15.9 Å². The Morgan fingerprint density at radius 1 is 1.31 bits per heavy atom. The lowest BCUT2D eigenvalue weighted by molar-refractivity contribution is 0.00546. The van der Waals surface area contributed by atoms with Gasteiger partial charge in [0.1, 0.15) is 5.75 Å². The van der Waals surface area contributed by atoms with Gasteiger partial charge in [-0.25, -0.2) is 0 Å². The second kappa shape index (κ2) is 5.55. The Bertz CT molecular complexity index is 333. The number of nitrogens with two attached hydrogens (primary N) is 1. The van der Waals surface area contributed by atoms with Crippen molar-refractivity contribution in [3.05, 3.63) is 22.7 Å². The highest BCUT2D eigenvalue weighted by Gasteiger charge is 2.15. The van der Waals surface area contributed by atoms with Crippen molar-refractivity contribution in [2.75, 3.05) is 19.5 Å². The van der Waals surface area contributed by atoms with Gasteiger partial charge < -0.3 is 15.2 Å². The summed E-state index contributed by atoms with van der Waals surface area (Å²) in [5.74, 6) is 0.777. The van der Waals surface area contributed by atoms with Gasteiger partial charge >= 0.3 is 0 Å². The Labute approximate surface area is 105 Å². The topological polar surface area (TPSA) is 44.5 Å². The molecule has 0 atom stereocenters. The summed E-state index contributed by atoms with van der Waals surface area (Å²) in [6.45, 7) is 4.67. The van der Waals surface area contributed by atoms with Gasteiger partial charge in [0.25, 0.3) is 0 Å². The summed E-state index contributed by atoms with van der Waals surface area (Å²) < 4.78 is 11.8. The number of ether oxygens (including phenoxy) is 2. The van der Waals surface area contributed by atoms with Crippen LogP contribution < -0.4 is 10.5 Å². The molecule has 1 rings (SSSR count). The number of benzene rings is 1. The van der Waals surface area contributed by atoms with Crippen molar-refractivity contribution in [3.63, 3.8) is 0 Å². The van der Waals surface area contributed by atoms with Crippen LogP contribution in [0.15, 0.2) is 22.7 Å². The van der Waals surface area contributed by atoms with Crippen molar-refractivity contribution in [1.29, 1.82) is 0 Å². The van der Waals surface area contributed by atoms with Gasteiger partial charge in [-0.1, -0.05) is 15.9 Å². The summed E-state index contributed by atoms with van der Waals surface area (Å²) in [7, 11) is 1.71. The van der Waals surface area contributed by atoms with E-state index in [2.05, 4.69) is 15.9 Å². The fraction of sp³-hybridized carbons (Fsp3) is 0.500. The standard InChI is InChI=1S/C12H18BrNO2/c1-12(2,15-3)4-5-16-11-7-9(13)6-10(14)8-11/h6-8H,4-5,14H2,1-3H3. The fourth-order valence-corrected chi connectivity index (χ4v) is 1.67. The summed E-state index contributed by atoms with van der Waals surface area (Å²) >= 11 is 3.37. The molecule has 3 nitrogen and oxygen atoms in total. The van der Waals surface area contributed by atoms with Gasteiger partial charge in [0.15, 0.2) is 0 Å². The number of nitrogen functional groups attached to an aromatic ring is 1. The minimum atomic E-state index is -0.155. The fourth-order valence-electron chi connectivity index (χ4n) is 1.18. The maximum Gasteiger partial charge on any atom is 0.122 e. The number of anilines is 1. The summed E-state index contributed by atoms with van der Waals surface area (Å²) in [5.41, 5.74) is 6.24. The Hall–Kier alpha value is -0.740. The first-order valence-corrected chi connectivity index (χ1v) is 5.96. The minimum Gasteiger partial charge on any atom is -0.493 e. The molecule has 2 N–H and O–H groups in total. The van der Waals surface area contributed by atoms with E-state index in [0.29, 0.717) is 12.3 Å². The third-order valence-electron chi connectivity index (χ3n) is 2.42. The smallest absolute Gasteiger partial charge is 0.122 e. The van der Waals surface area contributed by atoms with Crippen LogP contribution in [0.5, 0.6) is 5.75 Å². The van der Waals surface area contributed by atoms with Crippen molar-refractivity contribution in [2.45, 2.75) is 25.9 Å². The quantitative estimate of drug-likeness (QED) is 0.846. The molecule has 0 aliphatic rings. The summed E-state index contributed by atoms with van der Waals surface area (Å²) in [6, 6.07) is 5.55. The Morgan fingerprint density at radius 2 is 2.00 bits per heavy atom. The molecule has 0 saturated carbocycles. The van der Waals surface area contributed by atoms with E-state index in [1.165, 1.54) is 0 Å². The molecule has 1 aromatic carbocycles. The summed E-state index contributed by atoms with van der Waals surface area (Å²) in [4.78, 5) is 0. The molecule has 0 aliphatic carbocycles. The molecule has 0 amide bonds. The first kappa shape index (κ1) is 13.3. The monoisotopic (exact) mass is 287 g/mol. The lowest BCUT2D eigenvalue weighted by atomic mass is 10.1. The summed E-state index contributed by atoms with van der Waals surface area (Å²) in [5, 5.41) is 0. The first-order valence-electron chi connectivity index (χ1n) is 5.17. The highest BCUT2D eigenvalue weighted by atomic mass is 79.9. The predicted octanol–water partition coefficient (Wildman–Crippen LogP) is 3.23. The van der Waals surface area contributed by atoms with Gasteiger partial charge in [0.2, 0.25) is 0 Å². The van der Waals surface area contributed by atoms with Crippen LogP contribution in [0.25, 0.3) is 0 Å². The van der Waals surface area contributed by atoms with E-state index in [1.54, 1.807) is 7.11 Å². The lowest BCUT2D eigenvalue weighted by Gasteiger charge is -2.22. The second-order valence-corrected chi connectivity index (χ2v) is 5.20. The zero-order valence-corrected chi connectivity index (χ0v) is 11.5. The number of rotatable bonds is 5. The molecule has 1 aromatic rings. The van der Waals surface area contributed by atoms with Crippen molar-refractivity contribution < 1.29 is 9.47 Å². The first-order chi connectivity index (χ1) is 7.43. The zero-order valence-electron chi connectivity index (χ0n) is 9.92. The van der Waals surface area contributed by atoms with Gasteiger partial charge in [-0.2, -0.15) is 0 Å². The number of halogens is 1. The minimum absolute atomic E-state index is 0.155. The Balaban J connectivity index is 2.49. The molecule has 0 heterocycles. The summed E-state index contributed by atoms with van der Waals surface area (Å²) in [6.07, 6.45) is 0.829. The van der Waals surface area contributed by atoms with Crippen molar-refractivity contribution in [1.82, 2.24) is 0 Å². The van der Waals surface area contributed by atoms with Gasteiger partial charge in [0, 0.05) is 29.8 Å². The third kappa shape index (κ3) is 4.41. The van der Waals surface area contributed by atoms with Crippen molar-refractivity contribution >= 4 is 21.6 Å². The van der Waals surface area contributed by atoms with Crippen molar-refractivity contribution in [2.24, 2.45) is 0 Å². The predicted molar refractivity (Wildman–Crippen MR) is 69.8 cm³/mol. The lowest BCUT2D eigenvalue weighted by Crippen LogP contribution is -2.25. The van der Waals surface area contributed by atoms with E-state index in [9.17, 15) is 0 Å². The van der Waals surface area contributed by atoms with Gasteiger partial charge in [-0.05, 0) is 26.0 Å². The average Bonchev–Trinajstić information content (AvgIpc) is 2.16. The Kier molecular flexibility index (Phi) is 4.62. The molecule has 0 radical (unpaired) electrons. The van der Waals surface area contributed by atoms with E-state index in [0.717, 1.165) is 16.6 Å². The molecule has 0 aromatic heterocycles. The SMILES string of the molecule is COC(C)(C)CCOc1cc(N)cc(Br)c1. The maximum atomic E-state index is 5.71. The molecule has 0 fully saturated rings. The van der Waals surface area contributed by atoms with Gasteiger partial charge in [-0.15, -0.1) is 0 Å². The van der Waals surface area contributed by atoms with E-state index in [1.807, 2.05) is 32.0 Å². The molecule has 4 heteroatoms. The largest absolute Gasteiger partial charge is 0.493 e. The normalized spacial score (nSPS) is 11.5. The van der Waals surface area contributed by atoms with E-state index in [4.69, 9.17) is 15.2 Å². The second-order valence-electron chi connectivity index (χ2n) is 4.28. The molecule has 0 aliphatic heterocycles. The molecular weight excluding hydrogens is 270 g/mol. The van der Waals surface area contributed by atoms with Crippen LogP contribution in [-0.4, -0.2) is 19.3 Å². The average molecular weight is 288 g/mol. The van der Waals surface area contributed by atoms with Crippen LogP contribution in [0.1, 0.15) is 20.3 Å². The van der Waals surface area contributed by atoms with Gasteiger partial charge in [0.05, 0.1) is 12.2 Å². The van der Waals surface area contributed by atoms with E-state index in [-0.39, 0.29) is 5.60 Å². The van der Waals surface area contributed by atoms with E-state index < -0.39 is 0 Å². The Morgan fingerprint density at radius 3 is 2.56 bits per heavy atom. The highest BCUT2D eigenvalue weighted by Crippen LogP contribution is 2.23.